The largest absolute Gasteiger partial charge is 0.493 e. The third-order valence-corrected chi connectivity index (χ3v) is 4.48. The van der Waals surface area contributed by atoms with Crippen LogP contribution in [0.15, 0.2) is 51.9 Å². The number of carbonyl (C=O) groups excluding carboxylic acids is 1. The molecule has 0 aliphatic carbocycles. The number of aliphatic imine (C=N–C) groups is 1. The molecule has 2 rings (SSSR count). The molecule has 0 atom stereocenters. The van der Waals surface area contributed by atoms with E-state index in [0.717, 1.165) is 16.5 Å². The van der Waals surface area contributed by atoms with Crippen molar-refractivity contribution in [1.29, 1.82) is 0 Å². The van der Waals surface area contributed by atoms with E-state index in [0.29, 0.717) is 42.7 Å². The van der Waals surface area contributed by atoms with Crippen molar-refractivity contribution in [2.75, 3.05) is 33.9 Å². The second kappa shape index (κ2) is 11.2. The van der Waals surface area contributed by atoms with Gasteiger partial charge in [0.05, 0.1) is 14.2 Å². The van der Waals surface area contributed by atoms with Gasteiger partial charge in [-0.1, -0.05) is 22.0 Å². The summed E-state index contributed by atoms with van der Waals surface area (Å²) in [5.74, 6) is 1.61. The van der Waals surface area contributed by atoms with E-state index in [1.807, 2.05) is 30.3 Å². The van der Waals surface area contributed by atoms with Gasteiger partial charge < -0.3 is 25.8 Å². The molecule has 8 heteroatoms. The highest BCUT2D eigenvalue weighted by Crippen LogP contribution is 2.27. The van der Waals surface area contributed by atoms with E-state index >= 15 is 0 Å². The maximum atomic E-state index is 12.0. The van der Waals surface area contributed by atoms with Crippen LogP contribution in [0.1, 0.15) is 15.9 Å². The van der Waals surface area contributed by atoms with E-state index < -0.39 is 0 Å². The molecule has 0 radical (unpaired) electrons. The Bertz CT molecular complexity index is 810. The summed E-state index contributed by atoms with van der Waals surface area (Å²) in [6.07, 6.45) is 0.725. The minimum absolute atomic E-state index is 0.127. The molecule has 0 saturated heterocycles. The summed E-state index contributed by atoms with van der Waals surface area (Å²) in [5, 5.41) is 5.81. The molecule has 4 N–H and O–H groups in total. The number of hydrogen-bond acceptors (Lipinski definition) is 4. The Hall–Kier alpha value is -2.74. The molecule has 1 amide bonds. The second-order valence-electron chi connectivity index (χ2n) is 5.90. The van der Waals surface area contributed by atoms with E-state index in [9.17, 15) is 4.79 Å². The van der Waals surface area contributed by atoms with Crippen LogP contribution in [0.4, 0.5) is 0 Å². The first-order valence-electron chi connectivity index (χ1n) is 8.82. The molecule has 7 nitrogen and oxygen atoms in total. The quantitative estimate of drug-likeness (QED) is 0.310. The summed E-state index contributed by atoms with van der Waals surface area (Å²) >= 11 is 3.34. The monoisotopic (exact) mass is 448 g/mol. The first-order valence-corrected chi connectivity index (χ1v) is 9.61. The first kappa shape index (κ1) is 21.6. The van der Waals surface area contributed by atoms with Gasteiger partial charge in [-0.2, -0.15) is 0 Å². The lowest BCUT2D eigenvalue weighted by molar-refractivity contribution is 0.0954. The molecule has 0 saturated carbocycles. The Morgan fingerprint density at radius 2 is 1.71 bits per heavy atom. The van der Waals surface area contributed by atoms with Crippen LogP contribution in [0.2, 0.25) is 0 Å². The van der Waals surface area contributed by atoms with Crippen molar-refractivity contribution in [3.63, 3.8) is 0 Å². The predicted molar refractivity (Wildman–Crippen MR) is 114 cm³/mol. The number of ether oxygens (including phenoxy) is 2. The summed E-state index contributed by atoms with van der Waals surface area (Å²) < 4.78 is 11.4. The highest BCUT2D eigenvalue weighted by molar-refractivity contribution is 9.10. The maximum Gasteiger partial charge on any atom is 0.251 e. The molecule has 0 aromatic heterocycles. The smallest absolute Gasteiger partial charge is 0.251 e. The summed E-state index contributed by atoms with van der Waals surface area (Å²) in [5.41, 5.74) is 7.55. The van der Waals surface area contributed by atoms with Gasteiger partial charge >= 0.3 is 0 Å². The summed E-state index contributed by atoms with van der Waals surface area (Å²) in [6, 6.07) is 12.9. The number of nitrogens with zero attached hydrogens (tertiary/aromatic N) is 1. The van der Waals surface area contributed by atoms with Crippen LogP contribution in [-0.2, 0) is 6.42 Å². The van der Waals surface area contributed by atoms with Crippen molar-refractivity contribution in [3.05, 3.63) is 58.1 Å². The van der Waals surface area contributed by atoms with Crippen LogP contribution in [0.3, 0.4) is 0 Å². The molecule has 2 aromatic carbocycles. The van der Waals surface area contributed by atoms with Crippen molar-refractivity contribution < 1.29 is 14.3 Å². The highest BCUT2D eigenvalue weighted by Gasteiger charge is 2.05. The van der Waals surface area contributed by atoms with E-state index in [4.69, 9.17) is 15.2 Å². The average Bonchev–Trinajstić information content (AvgIpc) is 2.71. The van der Waals surface area contributed by atoms with Crippen LogP contribution in [0, 0.1) is 0 Å². The van der Waals surface area contributed by atoms with Crippen molar-refractivity contribution in [3.8, 4) is 11.5 Å². The van der Waals surface area contributed by atoms with Crippen molar-refractivity contribution in [2.24, 2.45) is 10.7 Å². The Labute approximate surface area is 173 Å². The average molecular weight is 449 g/mol. The fourth-order valence-electron chi connectivity index (χ4n) is 2.47. The molecular formula is C20H25BrN4O3. The predicted octanol–water partition coefficient (Wildman–Crippen LogP) is 2.34. The van der Waals surface area contributed by atoms with Gasteiger partial charge in [-0.05, 0) is 48.4 Å². The molecule has 28 heavy (non-hydrogen) atoms. The highest BCUT2D eigenvalue weighted by atomic mass is 79.9. The lowest BCUT2D eigenvalue weighted by atomic mass is 10.1. The number of benzene rings is 2. The third kappa shape index (κ3) is 6.77. The minimum atomic E-state index is -0.127. The van der Waals surface area contributed by atoms with Crippen molar-refractivity contribution >= 4 is 27.8 Å². The number of rotatable bonds is 9. The Kier molecular flexibility index (Phi) is 8.61. The molecule has 2 aromatic rings. The number of hydrogen-bond donors (Lipinski definition) is 3. The second-order valence-corrected chi connectivity index (χ2v) is 6.81. The lowest BCUT2D eigenvalue weighted by Crippen LogP contribution is -2.38. The fraction of sp³-hybridized carbons (Fsp3) is 0.300. The fourth-order valence-corrected chi connectivity index (χ4v) is 2.73. The zero-order chi connectivity index (χ0) is 20.4. The van der Waals surface area contributed by atoms with Gasteiger partial charge in [-0.15, -0.1) is 0 Å². The number of methoxy groups -OCH3 is 2. The Morgan fingerprint density at radius 3 is 2.39 bits per heavy atom. The van der Waals surface area contributed by atoms with Gasteiger partial charge in [0, 0.05) is 29.7 Å². The van der Waals surface area contributed by atoms with Gasteiger partial charge in [0.25, 0.3) is 5.91 Å². The van der Waals surface area contributed by atoms with Crippen LogP contribution < -0.4 is 25.8 Å². The number of halogens is 1. The van der Waals surface area contributed by atoms with Gasteiger partial charge in [-0.25, -0.2) is 0 Å². The standard InChI is InChI=1S/C20H25BrN4O3/c1-27-17-8-3-14(13-18(17)28-2)9-10-24-20(22)25-12-11-23-19(26)15-4-6-16(21)7-5-15/h3-8,13H,9-12H2,1-2H3,(H,23,26)(H3,22,24,25). The van der Waals surface area contributed by atoms with Gasteiger partial charge in [0.15, 0.2) is 17.5 Å². The lowest BCUT2D eigenvalue weighted by Gasteiger charge is -2.09. The number of nitrogens with two attached hydrogens (primary N) is 1. The van der Waals surface area contributed by atoms with Crippen molar-refractivity contribution in [2.45, 2.75) is 6.42 Å². The molecule has 0 unspecified atom stereocenters. The van der Waals surface area contributed by atoms with Gasteiger partial charge in [0.1, 0.15) is 0 Å². The SMILES string of the molecule is COc1ccc(CCN=C(N)NCCNC(=O)c2ccc(Br)cc2)cc1OC. The Balaban J connectivity index is 1.70. The van der Waals surface area contributed by atoms with E-state index in [-0.39, 0.29) is 5.91 Å². The minimum Gasteiger partial charge on any atom is -0.493 e. The third-order valence-electron chi connectivity index (χ3n) is 3.95. The molecular weight excluding hydrogens is 424 g/mol. The molecule has 150 valence electrons. The number of guanidine groups is 1. The van der Waals surface area contributed by atoms with Crippen LogP contribution in [-0.4, -0.2) is 45.7 Å². The molecule has 0 fully saturated rings. The van der Waals surface area contributed by atoms with Crippen molar-refractivity contribution in [1.82, 2.24) is 10.6 Å². The number of nitrogens with one attached hydrogen (secondary N) is 2. The maximum absolute atomic E-state index is 12.0. The molecule has 0 aliphatic rings. The number of amides is 1. The van der Waals surface area contributed by atoms with E-state index in [2.05, 4.69) is 31.6 Å². The number of carbonyl (C=O) groups is 1. The molecule has 0 heterocycles. The Morgan fingerprint density at radius 1 is 1.04 bits per heavy atom. The first-order chi connectivity index (χ1) is 13.5. The molecule has 0 bridgehead atoms. The van der Waals surface area contributed by atoms with Crippen LogP contribution in [0.25, 0.3) is 0 Å². The molecule has 0 aliphatic heterocycles. The zero-order valence-electron chi connectivity index (χ0n) is 16.0. The zero-order valence-corrected chi connectivity index (χ0v) is 17.6. The van der Waals surface area contributed by atoms with Crippen LogP contribution >= 0.6 is 15.9 Å². The van der Waals surface area contributed by atoms with Crippen LogP contribution in [0.5, 0.6) is 11.5 Å². The molecule has 0 spiro atoms. The summed E-state index contributed by atoms with van der Waals surface area (Å²) in [7, 11) is 3.21. The van der Waals surface area contributed by atoms with E-state index in [1.165, 1.54) is 0 Å². The van der Waals surface area contributed by atoms with Gasteiger partial charge in [-0.3, -0.25) is 9.79 Å². The summed E-state index contributed by atoms with van der Waals surface area (Å²) in [6.45, 7) is 1.48. The normalized spacial score (nSPS) is 11.0. The van der Waals surface area contributed by atoms with Gasteiger partial charge in [0.2, 0.25) is 0 Å². The summed E-state index contributed by atoms with van der Waals surface area (Å²) in [4.78, 5) is 16.3. The topological polar surface area (TPSA) is 98.0 Å². The van der Waals surface area contributed by atoms with E-state index in [1.54, 1.807) is 26.4 Å².